The van der Waals surface area contributed by atoms with Crippen molar-refractivity contribution in [1.29, 1.82) is 0 Å². The standard InChI is InChI=1S/C20H12F5N3S/c1-29-20-26-17(12-5-4-10(21)7-14(12)23)13-3-2-6-28(19(13)27-20)18-15(24)8-11(22)9-16(18)25/h2-5,7-9H,6H2,1H3. The van der Waals surface area contributed by atoms with Gasteiger partial charge in [0.25, 0.3) is 0 Å². The Labute approximate surface area is 166 Å². The summed E-state index contributed by atoms with van der Waals surface area (Å²) in [4.78, 5) is 9.87. The van der Waals surface area contributed by atoms with Crippen LogP contribution in [0.1, 0.15) is 5.56 Å². The maximum absolute atomic E-state index is 14.4. The summed E-state index contributed by atoms with van der Waals surface area (Å²) in [5.74, 6) is -4.67. The lowest BCUT2D eigenvalue weighted by atomic mass is 10.0. The van der Waals surface area contributed by atoms with Gasteiger partial charge in [-0.05, 0) is 18.4 Å². The van der Waals surface area contributed by atoms with E-state index in [-0.39, 0.29) is 28.8 Å². The van der Waals surface area contributed by atoms with E-state index in [2.05, 4.69) is 9.97 Å². The summed E-state index contributed by atoms with van der Waals surface area (Å²) in [5.41, 5.74) is 0.00333. The first-order valence-electron chi connectivity index (χ1n) is 8.39. The van der Waals surface area contributed by atoms with Crippen LogP contribution in [0.2, 0.25) is 0 Å². The summed E-state index contributed by atoms with van der Waals surface area (Å²) in [5, 5.41) is 0.228. The zero-order chi connectivity index (χ0) is 20.7. The minimum Gasteiger partial charge on any atom is -0.317 e. The zero-order valence-corrected chi connectivity index (χ0v) is 15.7. The summed E-state index contributed by atoms with van der Waals surface area (Å²) in [7, 11) is 0. The first-order chi connectivity index (χ1) is 13.9. The fourth-order valence-corrected chi connectivity index (χ4v) is 3.49. The average molecular weight is 421 g/mol. The number of aromatic nitrogens is 2. The molecule has 0 saturated heterocycles. The van der Waals surface area contributed by atoms with E-state index >= 15 is 0 Å². The van der Waals surface area contributed by atoms with Gasteiger partial charge in [0.2, 0.25) is 0 Å². The van der Waals surface area contributed by atoms with Gasteiger partial charge >= 0.3 is 0 Å². The number of rotatable bonds is 3. The lowest BCUT2D eigenvalue weighted by Crippen LogP contribution is -2.25. The van der Waals surface area contributed by atoms with Crippen molar-refractivity contribution in [3.8, 4) is 11.3 Å². The number of benzene rings is 2. The fourth-order valence-electron chi connectivity index (χ4n) is 3.13. The van der Waals surface area contributed by atoms with Crippen molar-refractivity contribution in [2.45, 2.75) is 5.16 Å². The van der Waals surface area contributed by atoms with Gasteiger partial charge < -0.3 is 4.90 Å². The van der Waals surface area contributed by atoms with E-state index in [1.54, 1.807) is 18.4 Å². The van der Waals surface area contributed by atoms with Gasteiger partial charge in [0, 0.05) is 35.9 Å². The number of halogens is 5. The van der Waals surface area contributed by atoms with Crippen LogP contribution in [0.15, 0.2) is 41.6 Å². The molecule has 0 fully saturated rings. The number of thioether (sulfide) groups is 1. The first kappa shape index (κ1) is 19.4. The summed E-state index contributed by atoms with van der Waals surface area (Å²) in [6, 6.07) is 4.21. The van der Waals surface area contributed by atoms with Crippen LogP contribution in [0.4, 0.5) is 33.5 Å². The van der Waals surface area contributed by atoms with E-state index in [0.717, 1.165) is 23.9 Å². The van der Waals surface area contributed by atoms with E-state index in [1.807, 2.05) is 0 Å². The van der Waals surface area contributed by atoms with Gasteiger partial charge in [-0.2, -0.15) is 0 Å². The number of fused-ring (bicyclic) bond motifs is 1. The molecule has 1 aliphatic rings. The van der Waals surface area contributed by atoms with E-state index in [9.17, 15) is 22.0 Å². The highest BCUT2D eigenvalue weighted by Crippen LogP contribution is 2.39. The molecule has 0 spiro atoms. The van der Waals surface area contributed by atoms with Gasteiger partial charge in [-0.15, -0.1) is 0 Å². The van der Waals surface area contributed by atoms with Gasteiger partial charge in [0.05, 0.1) is 5.69 Å². The maximum atomic E-state index is 14.4. The lowest BCUT2D eigenvalue weighted by Gasteiger charge is -2.29. The molecule has 3 aromatic rings. The maximum Gasteiger partial charge on any atom is 0.189 e. The molecule has 0 saturated carbocycles. The number of hydrogen-bond donors (Lipinski definition) is 0. The third-order valence-electron chi connectivity index (χ3n) is 4.35. The van der Waals surface area contributed by atoms with Crippen LogP contribution < -0.4 is 4.90 Å². The Morgan fingerprint density at radius 3 is 2.24 bits per heavy atom. The van der Waals surface area contributed by atoms with Crippen molar-refractivity contribution in [3.05, 3.63) is 71.1 Å². The Hall–Kier alpha value is -2.94. The van der Waals surface area contributed by atoms with E-state index in [0.29, 0.717) is 17.7 Å². The Bertz CT molecular complexity index is 1130. The largest absolute Gasteiger partial charge is 0.317 e. The van der Waals surface area contributed by atoms with Gasteiger partial charge in [0.15, 0.2) is 16.8 Å². The molecule has 2 aromatic carbocycles. The van der Waals surface area contributed by atoms with Crippen LogP contribution in [-0.4, -0.2) is 22.8 Å². The predicted molar refractivity (Wildman–Crippen MR) is 102 cm³/mol. The summed E-state index contributed by atoms with van der Waals surface area (Å²) < 4.78 is 69.9. The van der Waals surface area contributed by atoms with Gasteiger partial charge in [-0.25, -0.2) is 31.9 Å². The molecule has 2 heterocycles. The third-order valence-corrected chi connectivity index (χ3v) is 4.90. The van der Waals surface area contributed by atoms with Crippen molar-refractivity contribution >= 4 is 29.3 Å². The van der Waals surface area contributed by atoms with Crippen LogP contribution in [0.25, 0.3) is 17.3 Å². The molecular weight excluding hydrogens is 409 g/mol. The fraction of sp³-hybridized carbons (Fsp3) is 0.100. The van der Waals surface area contributed by atoms with Crippen molar-refractivity contribution < 1.29 is 22.0 Å². The van der Waals surface area contributed by atoms with E-state index in [4.69, 9.17) is 0 Å². The quantitative estimate of drug-likeness (QED) is 0.307. The minimum atomic E-state index is -1.09. The van der Waals surface area contributed by atoms with Crippen LogP contribution in [0.3, 0.4) is 0 Å². The normalized spacial score (nSPS) is 13.0. The molecule has 29 heavy (non-hydrogen) atoms. The molecule has 0 aliphatic carbocycles. The molecule has 1 aromatic heterocycles. The first-order valence-corrected chi connectivity index (χ1v) is 9.61. The number of anilines is 2. The number of hydrogen-bond acceptors (Lipinski definition) is 4. The molecule has 0 bridgehead atoms. The lowest BCUT2D eigenvalue weighted by molar-refractivity contribution is 0.543. The molecule has 0 unspecified atom stereocenters. The zero-order valence-electron chi connectivity index (χ0n) is 14.9. The second-order valence-electron chi connectivity index (χ2n) is 6.15. The second kappa shape index (κ2) is 7.47. The van der Waals surface area contributed by atoms with Crippen molar-refractivity contribution in [2.75, 3.05) is 17.7 Å². The van der Waals surface area contributed by atoms with Crippen LogP contribution in [-0.2, 0) is 0 Å². The highest BCUT2D eigenvalue weighted by molar-refractivity contribution is 7.98. The average Bonchev–Trinajstić information content (AvgIpc) is 2.67. The van der Waals surface area contributed by atoms with E-state index in [1.165, 1.54) is 11.0 Å². The molecule has 0 N–H and O–H groups in total. The molecule has 1 aliphatic heterocycles. The Morgan fingerprint density at radius 2 is 1.59 bits per heavy atom. The third kappa shape index (κ3) is 3.46. The van der Waals surface area contributed by atoms with Gasteiger partial charge in [-0.1, -0.05) is 23.9 Å². The van der Waals surface area contributed by atoms with Crippen molar-refractivity contribution in [3.63, 3.8) is 0 Å². The molecular formula is C20H12F5N3S. The Kier molecular flexibility index (Phi) is 4.99. The molecule has 0 amide bonds. The molecule has 3 nitrogen and oxygen atoms in total. The molecule has 9 heteroatoms. The molecule has 4 rings (SSSR count). The Balaban J connectivity index is 1.96. The topological polar surface area (TPSA) is 29.0 Å². The van der Waals surface area contributed by atoms with Crippen molar-refractivity contribution in [2.24, 2.45) is 0 Å². The summed E-state index contributed by atoms with van der Waals surface area (Å²) in [6.07, 6.45) is 4.89. The van der Waals surface area contributed by atoms with Crippen molar-refractivity contribution in [1.82, 2.24) is 9.97 Å². The van der Waals surface area contributed by atoms with Crippen LogP contribution >= 0.6 is 11.8 Å². The van der Waals surface area contributed by atoms with Crippen LogP contribution in [0, 0.1) is 29.1 Å². The van der Waals surface area contributed by atoms with Gasteiger partial charge in [-0.3, -0.25) is 0 Å². The van der Waals surface area contributed by atoms with E-state index < -0.39 is 34.8 Å². The molecule has 148 valence electrons. The monoisotopic (exact) mass is 421 g/mol. The molecule has 0 radical (unpaired) electrons. The summed E-state index contributed by atoms with van der Waals surface area (Å²) in [6.45, 7) is 0.0582. The second-order valence-corrected chi connectivity index (χ2v) is 6.92. The highest BCUT2D eigenvalue weighted by atomic mass is 32.2. The number of nitrogens with zero attached hydrogens (tertiary/aromatic N) is 3. The van der Waals surface area contributed by atoms with Crippen LogP contribution in [0.5, 0.6) is 0 Å². The smallest absolute Gasteiger partial charge is 0.189 e. The molecule has 0 atom stereocenters. The minimum absolute atomic E-state index is 0.0203. The highest BCUT2D eigenvalue weighted by Gasteiger charge is 2.27. The predicted octanol–water partition coefficient (Wildman–Crippen LogP) is 5.73. The summed E-state index contributed by atoms with van der Waals surface area (Å²) >= 11 is 1.15. The SMILES string of the molecule is CSc1nc(-c2ccc(F)cc2F)c2c(n1)N(c1c(F)cc(F)cc1F)CC=C2. The Morgan fingerprint density at radius 1 is 0.897 bits per heavy atom. The van der Waals surface area contributed by atoms with Gasteiger partial charge in [0.1, 0.15) is 29.0 Å².